The minimum Gasteiger partial charge on any atom is -0.340 e. The van der Waals surface area contributed by atoms with Crippen LogP contribution in [0.3, 0.4) is 0 Å². The summed E-state index contributed by atoms with van der Waals surface area (Å²) in [4.78, 5) is 23.5. The number of pyridine rings is 1. The molecule has 1 aliphatic rings. The van der Waals surface area contributed by atoms with Crippen molar-refractivity contribution in [3.63, 3.8) is 0 Å². The highest BCUT2D eigenvalue weighted by Gasteiger charge is 2.30. The maximum absolute atomic E-state index is 13.2. The van der Waals surface area contributed by atoms with Crippen molar-refractivity contribution in [2.75, 3.05) is 0 Å². The van der Waals surface area contributed by atoms with Gasteiger partial charge in [-0.2, -0.15) is 0 Å². The second-order valence-electron chi connectivity index (χ2n) is 7.00. The van der Waals surface area contributed by atoms with Crippen molar-refractivity contribution in [2.45, 2.75) is 31.8 Å². The Morgan fingerprint density at radius 3 is 2.63 bits per heavy atom. The Hall–Kier alpha value is -3.02. The van der Waals surface area contributed by atoms with E-state index in [1.165, 1.54) is 12.1 Å². The highest BCUT2D eigenvalue weighted by Crippen LogP contribution is 2.28. The molecule has 1 aliphatic carbocycles. The van der Waals surface area contributed by atoms with Gasteiger partial charge in [-0.05, 0) is 61.2 Å². The van der Waals surface area contributed by atoms with Crippen LogP contribution in [0.15, 0.2) is 55.1 Å². The molecule has 1 amide bonds. The molecule has 1 saturated carbocycles. The van der Waals surface area contributed by atoms with E-state index in [-0.39, 0.29) is 17.8 Å². The van der Waals surface area contributed by atoms with E-state index in [2.05, 4.69) is 9.97 Å². The van der Waals surface area contributed by atoms with E-state index in [0.717, 1.165) is 36.1 Å². The molecule has 0 saturated heterocycles. The first-order valence-electron chi connectivity index (χ1n) is 9.10. The highest BCUT2D eigenvalue weighted by atomic mass is 19.1. The van der Waals surface area contributed by atoms with Crippen molar-refractivity contribution in [3.8, 4) is 11.3 Å². The minimum atomic E-state index is -0.271. The van der Waals surface area contributed by atoms with Gasteiger partial charge >= 0.3 is 0 Å². The lowest BCUT2D eigenvalue weighted by Gasteiger charge is -2.37. The van der Waals surface area contributed by atoms with E-state index in [0.29, 0.717) is 12.2 Å². The number of benzene rings is 1. The summed E-state index contributed by atoms with van der Waals surface area (Å²) in [5.41, 5.74) is 3.09. The number of halogens is 1. The average Bonchev–Trinajstić information content (AvgIpc) is 3.06. The van der Waals surface area contributed by atoms with Crippen LogP contribution in [0.4, 0.5) is 4.39 Å². The van der Waals surface area contributed by atoms with Crippen molar-refractivity contribution >= 4 is 5.91 Å². The fourth-order valence-electron chi connectivity index (χ4n) is 3.28. The zero-order valence-electron chi connectivity index (χ0n) is 15.2. The lowest BCUT2D eigenvalue weighted by molar-refractivity contribution is 0.0551. The van der Waals surface area contributed by atoms with Crippen molar-refractivity contribution in [1.29, 1.82) is 0 Å². The topological polar surface area (TPSA) is 51.0 Å². The number of nitrogens with zero attached hydrogens (tertiary/aromatic N) is 4. The third-order valence-corrected chi connectivity index (χ3v) is 5.02. The zero-order valence-corrected chi connectivity index (χ0v) is 15.2. The molecule has 27 heavy (non-hydrogen) atoms. The molecule has 6 heteroatoms. The molecule has 4 rings (SSSR count). The Morgan fingerprint density at radius 2 is 2.00 bits per heavy atom. The first-order chi connectivity index (χ1) is 13.1. The third kappa shape index (κ3) is 3.74. The van der Waals surface area contributed by atoms with Crippen LogP contribution in [0.5, 0.6) is 0 Å². The molecule has 1 fully saturated rings. The predicted octanol–water partition coefficient (Wildman–Crippen LogP) is 3.82. The number of carbonyl (C=O) groups excluding carboxylic acids is 1. The van der Waals surface area contributed by atoms with E-state index in [1.807, 2.05) is 24.1 Å². The number of aryl methyl sites for hydroxylation is 1. The number of carbonyl (C=O) groups is 1. The quantitative estimate of drug-likeness (QED) is 0.692. The van der Waals surface area contributed by atoms with Gasteiger partial charge in [0.15, 0.2) is 0 Å². The molecular weight excluding hydrogens is 343 g/mol. The molecule has 0 aliphatic heterocycles. The molecule has 1 aromatic carbocycles. The Morgan fingerprint density at radius 1 is 1.22 bits per heavy atom. The van der Waals surface area contributed by atoms with Crippen LogP contribution in [-0.4, -0.2) is 31.4 Å². The molecule has 138 valence electrons. The van der Waals surface area contributed by atoms with Crippen LogP contribution in [0.2, 0.25) is 0 Å². The van der Waals surface area contributed by atoms with Crippen molar-refractivity contribution in [2.24, 2.45) is 7.05 Å². The summed E-state index contributed by atoms with van der Waals surface area (Å²) in [6.07, 6.45) is 8.32. The first kappa shape index (κ1) is 17.4. The second-order valence-corrected chi connectivity index (χ2v) is 7.00. The molecule has 2 heterocycles. The van der Waals surface area contributed by atoms with Gasteiger partial charge in [-0.25, -0.2) is 9.37 Å². The predicted molar refractivity (Wildman–Crippen MR) is 100 cm³/mol. The number of amides is 1. The first-order valence-corrected chi connectivity index (χ1v) is 9.10. The lowest BCUT2D eigenvalue weighted by atomic mass is 9.90. The van der Waals surface area contributed by atoms with E-state index in [9.17, 15) is 9.18 Å². The molecule has 5 nitrogen and oxygen atoms in total. The number of aromatic nitrogens is 3. The van der Waals surface area contributed by atoms with Crippen LogP contribution in [-0.2, 0) is 13.6 Å². The summed E-state index contributed by atoms with van der Waals surface area (Å²) in [7, 11) is 1.86. The Bertz CT molecular complexity index is 947. The van der Waals surface area contributed by atoms with Gasteiger partial charge in [-0.15, -0.1) is 0 Å². The lowest BCUT2D eigenvalue weighted by Crippen LogP contribution is -2.43. The number of rotatable bonds is 5. The van der Waals surface area contributed by atoms with Gasteiger partial charge in [0.1, 0.15) is 11.5 Å². The standard InChI is InChI=1S/C21H21FN4O/c1-25-13-20(24-14-25)21(27)26(18-3-2-4-18)12-15-9-10-23-19(11-15)16-5-7-17(22)8-6-16/h5-11,13-14,18H,2-4,12H2,1H3. The molecule has 3 aromatic rings. The highest BCUT2D eigenvalue weighted by molar-refractivity contribution is 5.92. The Kier molecular flexibility index (Phi) is 4.71. The summed E-state index contributed by atoms with van der Waals surface area (Å²) in [5, 5.41) is 0. The maximum atomic E-state index is 13.2. The third-order valence-electron chi connectivity index (χ3n) is 5.02. The van der Waals surface area contributed by atoms with E-state index in [4.69, 9.17) is 0 Å². The van der Waals surface area contributed by atoms with Crippen LogP contribution in [0, 0.1) is 5.82 Å². The van der Waals surface area contributed by atoms with Crippen LogP contribution >= 0.6 is 0 Å². The van der Waals surface area contributed by atoms with Crippen molar-refractivity contribution in [3.05, 3.63) is 72.2 Å². The number of hydrogen-bond donors (Lipinski definition) is 0. The van der Waals surface area contributed by atoms with Gasteiger partial charge in [0.25, 0.3) is 5.91 Å². The molecule has 2 aromatic heterocycles. The average molecular weight is 364 g/mol. The summed E-state index contributed by atoms with van der Waals surface area (Å²) in [5.74, 6) is -0.313. The largest absolute Gasteiger partial charge is 0.340 e. The van der Waals surface area contributed by atoms with Gasteiger partial charge in [0.05, 0.1) is 12.0 Å². The molecule has 0 unspecified atom stereocenters. The molecule has 0 N–H and O–H groups in total. The molecular formula is C21H21FN4O. The van der Waals surface area contributed by atoms with Crippen molar-refractivity contribution in [1.82, 2.24) is 19.4 Å². The van der Waals surface area contributed by atoms with E-state index < -0.39 is 0 Å². The summed E-state index contributed by atoms with van der Waals surface area (Å²) in [6, 6.07) is 10.4. The minimum absolute atomic E-state index is 0.0413. The second kappa shape index (κ2) is 7.31. The summed E-state index contributed by atoms with van der Waals surface area (Å²) >= 11 is 0. The summed E-state index contributed by atoms with van der Waals surface area (Å²) in [6.45, 7) is 0.511. The van der Waals surface area contributed by atoms with Crippen LogP contribution < -0.4 is 0 Å². The number of imidazole rings is 1. The monoisotopic (exact) mass is 364 g/mol. The Balaban J connectivity index is 1.59. The fourth-order valence-corrected chi connectivity index (χ4v) is 3.28. The normalized spacial score (nSPS) is 14.0. The zero-order chi connectivity index (χ0) is 18.8. The van der Waals surface area contributed by atoms with Crippen LogP contribution in [0.25, 0.3) is 11.3 Å². The molecule has 0 atom stereocenters. The molecule has 0 bridgehead atoms. The van der Waals surface area contributed by atoms with Gasteiger partial charge < -0.3 is 9.47 Å². The van der Waals surface area contributed by atoms with Gasteiger partial charge in [0.2, 0.25) is 0 Å². The van der Waals surface area contributed by atoms with Gasteiger partial charge in [-0.3, -0.25) is 9.78 Å². The SMILES string of the molecule is Cn1cnc(C(=O)N(Cc2ccnc(-c3ccc(F)cc3)c2)C2CCC2)c1. The van der Waals surface area contributed by atoms with E-state index >= 15 is 0 Å². The fraction of sp³-hybridized carbons (Fsp3) is 0.286. The van der Waals surface area contributed by atoms with Gasteiger partial charge in [0, 0.05) is 37.6 Å². The smallest absolute Gasteiger partial charge is 0.274 e. The van der Waals surface area contributed by atoms with E-state index in [1.54, 1.807) is 35.4 Å². The van der Waals surface area contributed by atoms with Crippen molar-refractivity contribution < 1.29 is 9.18 Å². The van der Waals surface area contributed by atoms with Crippen LogP contribution in [0.1, 0.15) is 35.3 Å². The molecule has 0 spiro atoms. The maximum Gasteiger partial charge on any atom is 0.274 e. The number of hydrogen-bond acceptors (Lipinski definition) is 3. The Labute approximate surface area is 157 Å². The molecule has 0 radical (unpaired) electrons. The summed E-state index contributed by atoms with van der Waals surface area (Å²) < 4.78 is 15.0. The van der Waals surface area contributed by atoms with Gasteiger partial charge in [-0.1, -0.05) is 0 Å².